The third kappa shape index (κ3) is 60.8. The van der Waals surface area contributed by atoms with Crippen LogP contribution in [0, 0.1) is 0 Å². The molecular weight excluding hydrogens is 984 g/mol. The number of hydrogen-bond donors (Lipinski definition) is 3. The molecule has 9 heteroatoms. The van der Waals surface area contributed by atoms with E-state index in [1.165, 1.54) is 167 Å². The van der Waals surface area contributed by atoms with E-state index in [0.717, 1.165) is 83.5 Å². The molecule has 3 atom stereocenters. The number of hydrogen-bond acceptors (Lipinski definition) is 5. The molecule has 0 heterocycles. The van der Waals surface area contributed by atoms with Gasteiger partial charge < -0.3 is 19.8 Å². The van der Waals surface area contributed by atoms with Gasteiger partial charge in [0.05, 0.1) is 39.9 Å². The van der Waals surface area contributed by atoms with E-state index in [-0.39, 0.29) is 19.1 Å². The van der Waals surface area contributed by atoms with E-state index < -0.39 is 20.0 Å². The molecule has 1 amide bonds. The summed E-state index contributed by atoms with van der Waals surface area (Å²) in [6, 6.07) is -0.876. The van der Waals surface area contributed by atoms with E-state index in [4.69, 9.17) is 9.05 Å². The van der Waals surface area contributed by atoms with Gasteiger partial charge in [-0.2, -0.15) is 0 Å². The fourth-order valence-electron chi connectivity index (χ4n) is 8.96. The Morgan fingerprint density at radius 1 is 0.449 bits per heavy atom. The molecule has 0 radical (unpaired) electrons. The SMILES string of the molecule is CC/C=C\C/C=C\C/C=C\C/C=C\C/C=C\C/C=C\CCCCCCCCCCCCCCCCCCC(=O)NC(COP(=O)(O)OCC[N+](C)(C)C)C(O)/C=C/CC/C=C/CC/C=C/CCCCCCCCCCCCC. The molecule has 0 bridgehead atoms. The maximum atomic E-state index is 13.0. The molecule has 0 saturated heterocycles. The van der Waals surface area contributed by atoms with Gasteiger partial charge in [0.25, 0.3) is 0 Å². The number of unbranched alkanes of at least 4 members (excludes halogenated alkanes) is 29. The number of phosphoric acid groups is 1. The highest BCUT2D eigenvalue weighted by molar-refractivity contribution is 7.47. The number of amides is 1. The quantitative estimate of drug-likeness (QED) is 0.0243. The van der Waals surface area contributed by atoms with Crippen LogP contribution in [-0.2, 0) is 18.4 Å². The van der Waals surface area contributed by atoms with Gasteiger partial charge in [0.1, 0.15) is 13.2 Å². The Bertz CT molecular complexity index is 1640. The highest BCUT2D eigenvalue weighted by Gasteiger charge is 2.27. The molecule has 0 aliphatic rings. The minimum atomic E-state index is -4.37. The highest BCUT2D eigenvalue weighted by atomic mass is 31.2. The number of nitrogens with one attached hydrogen (secondary N) is 1. The van der Waals surface area contributed by atoms with E-state index >= 15 is 0 Å². The van der Waals surface area contributed by atoms with Gasteiger partial charge in [-0.05, 0) is 96.3 Å². The molecule has 0 rings (SSSR count). The van der Waals surface area contributed by atoms with E-state index in [1.54, 1.807) is 6.08 Å². The van der Waals surface area contributed by atoms with Gasteiger partial charge in [0, 0.05) is 6.42 Å². The van der Waals surface area contributed by atoms with Crippen molar-refractivity contribution in [3.8, 4) is 0 Å². The molecular formula is C69H124N2O6P+. The Labute approximate surface area is 482 Å². The first-order valence-electron chi connectivity index (χ1n) is 32.3. The van der Waals surface area contributed by atoms with Crippen LogP contribution in [0.15, 0.2) is 109 Å². The average molecular weight is 1110 g/mol. The van der Waals surface area contributed by atoms with Crippen molar-refractivity contribution in [3.05, 3.63) is 109 Å². The first-order chi connectivity index (χ1) is 38.0. The zero-order valence-corrected chi connectivity index (χ0v) is 52.3. The molecule has 0 aromatic heterocycles. The summed E-state index contributed by atoms with van der Waals surface area (Å²) in [7, 11) is 1.54. The Hall–Kier alpha value is -2.84. The third-order valence-corrected chi connectivity index (χ3v) is 14.9. The molecule has 8 nitrogen and oxygen atoms in total. The lowest BCUT2D eigenvalue weighted by molar-refractivity contribution is -0.870. The second-order valence-electron chi connectivity index (χ2n) is 22.7. The zero-order valence-electron chi connectivity index (χ0n) is 51.4. The van der Waals surface area contributed by atoms with E-state index in [0.29, 0.717) is 17.4 Å². The number of rotatable bonds is 58. The van der Waals surface area contributed by atoms with Crippen LogP contribution in [0.25, 0.3) is 0 Å². The first kappa shape index (κ1) is 75.2. The van der Waals surface area contributed by atoms with Crippen molar-refractivity contribution in [3.63, 3.8) is 0 Å². The Morgan fingerprint density at radius 3 is 1.18 bits per heavy atom. The summed E-state index contributed by atoms with van der Waals surface area (Å²) >= 11 is 0. The summed E-state index contributed by atoms with van der Waals surface area (Å²) < 4.78 is 23.7. The monoisotopic (exact) mass is 1110 g/mol. The number of aliphatic hydroxyl groups excluding tert-OH is 1. The van der Waals surface area contributed by atoms with Crippen molar-refractivity contribution in [2.75, 3.05) is 40.9 Å². The molecule has 3 unspecified atom stereocenters. The molecule has 0 aliphatic heterocycles. The number of nitrogens with zero attached hydrogens (tertiary/aromatic N) is 1. The Balaban J connectivity index is 4.14. The predicted molar refractivity (Wildman–Crippen MR) is 341 cm³/mol. The van der Waals surface area contributed by atoms with E-state index in [1.807, 2.05) is 27.2 Å². The molecule has 0 fully saturated rings. The number of likely N-dealkylation sites (N-methyl/N-ethyl adjacent to an activating group) is 1. The molecule has 0 spiro atoms. The summed E-state index contributed by atoms with van der Waals surface area (Å²) in [6.45, 7) is 4.68. The third-order valence-electron chi connectivity index (χ3n) is 14.0. The number of quaternary nitrogens is 1. The second-order valence-corrected chi connectivity index (χ2v) is 24.2. The summed E-state index contributed by atoms with van der Waals surface area (Å²) in [5.74, 6) is -0.192. The van der Waals surface area contributed by atoms with Gasteiger partial charge in [-0.15, -0.1) is 0 Å². The molecule has 0 aliphatic carbocycles. The standard InChI is InChI=1S/C69H123N2O6P/c1-6-8-10-12-14-16-18-20-22-24-26-28-29-30-31-32-33-34-35-36-37-38-39-40-41-43-45-47-49-51-53-55-57-59-61-63-69(73)70-67(66-77-78(74,75)76-65-64-71(3,4)5)68(72)62-60-58-56-54-52-50-48-46-44-42-27-25-23-21-19-17-15-13-11-9-7-2/h8,10,14,16,20,22,26,28,30-31,33-34,44,46,52,54,60,62,67-68,72H,6-7,9,11-13,15,17-19,21,23-25,27,29,32,35-43,45,47-51,53,55-59,61,63-66H2,1-5H3,(H-,70,73,74,75)/p+1/b10-8-,16-14-,22-20-,28-26-,31-30-,34-33-,46-44+,54-52+,62-60+. The number of phosphoric ester groups is 1. The van der Waals surface area contributed by atoms with Crippen LogP contribution in [0.3, 0.4) is 0 Å². The maximum absolute atomic E-state index is 13.0. The van der Waals surface area contributed by atoms with Crippen LogP contribution in [0.2, 0.25) is 0 Å². The topological polar surface area (TPSA) is 105 Å². The normalized spacial score (nSPS) is 14.5. The molecule has 3 N–H and O–H groups in total. The second kappa shape index (κ2) is 58.8. The van der Waals surface area contributed by atoms with Crippen LogP contribution in [0.5, 0.6) is 0 Å². The maximum Gasteiger partial charge on any atom is 0.472 e. The Kier molecular flexibility index (Phi) is 56.7. The Morgan fingerprint density at radius 2 is 0.782 bits per heavy atom. The van der Waals surface area contributed by atoms with Gasteiger partial charge in [0.2, 0.25) is 5.91 Å². The molecule has 0 saturated carbocycles. The van der Waals surface area contributed by atoms with Crippen molar-refractivity contribution in [2.24, 2.45) is 0 Å². The van der Waals surface area contributed by atoms with Crippen LogP contribution < -0.4 is 5.32 Å². The largest absolute Gasteiger partial charge is 0.472 e. The average Bonchev–Trinajstić information content (AvgIpc) is 3.41. The van der Waals surface area contributed by atoms with Crippen molar-refractivity contribution >= 4 is 13.7 Å². The lowest BCUT2D eigenvalue weighted by atomic mass is 10.0. The van der Waals surface area contributed by atoms with Crippen molar-refractivity contribution < 1.29 is 32.9 Å². The lowest BCUT2D eigenvalue weighted by Gasteiger charge is -2.25. The number of allylic oxidation sites excluding steroid dienone is 17. The minimum absolute atomic E-state index is 0.0501. The lowest BCUT2D eigenvalue weighted by Crippen LogP contribution is -2.45. The molecule has 78 heavy (non-hydrogen) atoms. The smallest absolute Gasteiger partial charge is 0.387 e. The molecule has 0 aromatic carbocycles. The fourth-order valence-corrected chi connectivity index (χ4v) is 9.70. The van der Waals surface area contributed by atoms with Crippen LogP contribution in [-0.4, -0.2) is 73.4 Å². The van der Waals surface area contributed by atoms with Crippen molar-refractivity contribution in [2.45, 2.75) is 283 Å². The minimum Gasteiger partial charge on any atom is -0.387 e. The van der Waals surface area contributed by atoms with Gasteiger partial charge in [-0.3, -0.25) is 13.8 Å². The first-order valence-corrected chi connectivity index (χ1v) is 33.8. The van der Waals surface area contributed by atoms with E-state index in [2.05, 4.69) is 116 Å². The van der Waals surface area contributed by atoms with Crippen LogP contribution in [0.4, 0.5) is 0 Å². The fraction of sp³-hybridized carbons (Fsp3) is 0.725. The summed E-state index contributed by atoms with van der Waals surface area (Å²) in [5, 5.41) is 13.9. The van der Waals surface area contributed by atoms with Gasteiger partial charge >= 0.3 is 7.82 Å². The van der Waals surface area contributed by atoms with Crippen LogP contribution >= 0.6 is 7.82 Å². The number of aliphatic hydroxyl groups is 1. The molecule has 450 valence electrons. The zero-order chi connectivity index (χ0) is 57.0. The molecule has 0 aromatic rings. The summed E-state index contributed by atoms with van der Waals surface area (Å²) in [5.41, 5.74) is 0. The van der Waals surface area contributed by atoms with Crippen LogP contribution in [0.1, 0.15) is 271 Å². The predicted octanol–water partition coefficient (Wildman–Crippen LogP) is 20.3. The van der Waals surface area contributed by atoms with Gasteiger partial charge in [0.15, 0.2) is 0 Å². The van der Waals surface area contributed by atoms with Gasteiger partial charge in [-0.25, -0.2) is 4.57 Å². The number of carbonyl (C=O) groups excluding carboxylic acids is 1. The highest BCUT2D eigenvalue weighted by Crippen LogP contribution is 2.43. The van der Waals surface area contributed by atoms with Crippen molar-refractivity contribution in [1.29, 1.82) is 0 Å². The van der Waals surface area contributed by atoms with Gasteiger partial charge in [-0.1, -0.05) is 277 Å². The van der Waals surface area contributed by atoms with E-state index in [9.17, 15) is 19.4 Å². The summed E-state index contributed by atoms with van der Waals surface area (Å²) in [6.07, 6.45) is 86.4. The summed E-state index contributed by atoms with van der Waals surface area (Å²) in [4.78, 5) is 23.4. The van der Waals surface area contributed by atoms with Crippen molar-refractivity contribution in [1.82, 2.24) is 5.32 Å². The number of carbonyl (C=O) groups is 1.